The topological polar surface area (TPSA) is 51.1 Å². The molecule has 1 N–H and O–H groups in total. The highest BCUT2D eigenvalue weighted by molar-refractivity contribution is 6.35. The van der Waals surface area contributed by atoms with Gasteiger partial charge >= 0.3 is 0 Å². The first kappa shape index (κ1) is 19.1. The van der Waals surface area contributed by atoms with Crippen LogP contribution < -0.4 is 10.9 Å². The number of carbonyl (C=O) groups is 1. The van der Waals surface area contributed by atoms with Crippen LogP contribution in [-0.4, -0.2) is 10.5 Å². The smallest absolute Gasteiger partial charge is 0.257 e. The summed E-state index contributed by atoms with van der Waals surface area (Å²) in [5.41, 5.74) is 0.263. The summed E-state index contributed by atoms with van der Waals surface area (Å²) in [6, 6.07) is 10.2. The lowest BCUT2D eigenvalue weighted by Gasteiger charge is -2.11. The normalized spacial score (nSPS) is 10.7. The summed E-state index contributed by atoms with van der Waals surface area (Å²) in [6.45, 7) is 0.126. The molecule has 0 aliphatic carbocycles. The first-order valence-corrected chi connectivity index (χ1v) is 8.50. The number of benzene rings is 2. The number of rotatable bonds is 4. The molecular formula is C19H12Cl2F2N2O2. The van der Waals surface area contributed by atoms with Crippen LogP contribution in [0.15, 0.2) is 59.5 Å². The Bertz CT molecular complexity index is 1080. The Morgan fingerprint density at radius 1 is 1.04 bits per heavy atom. The number of hydrogen-bond acceptors (Lipinski definition) is 2. The summed E-state index contributed by atoms with van der Waals surface area (Å²) in [7, 11) is 0. The predicted octanol–water partition coefficient (Wildman–Crippen LogP) is 4.73. The van der Waals surface area contributed by atoms with Gasteiger partial charge in [0.25, 0.3) is 11.5 Å². The molecule has 2 aromatic carbocycles. The van der Waals surface area contributed by atoms with Gasteiger partial charge in [-0.2, -0.15) is 0 Å². The largest absolute Gasteiger partial charge is 0.319 e. The SMILES string of the molecule is O=C(Nc1ccc(F)cc1F)c1ccc(=O)n(Cc2ccc(Cl)cc2Cl)c1. The van der Waals surface area contributed by atoms with Crippen LogP contribution >= 0.6 is 23.2 Å². The maximum absolute atomic E-state index is 13.7. The molecule has 0 aliphatic rings. The molecule has 1 aromatic heterocycles. The van der Waals surface area contributed by atoms with Crippen molar-refractivity contribution in [3.63, 3.8) is 0 Å². The fourth-order valence-corrected chi connectivity index (χ4v) is 2.88. The number of halogens is 4. The van der Waals surface area contributed by atoms with Crippen LogP contribution in [0.5, 0.6) is 0 Å². The summed E-state index contributed by atoms with van der Waals surface area (Å²) < 4.78 is 28.0. The van der Waals surface area contributed by atoms with Crippen LogP contribution in [0.3, 0.4) is 0 Å². The number of carbonyl (C=O) groups excluding carboxylic acids is 1. The van der Waals surface area contributed by atoms with E-state index >= 15 is 0 Å². The van der Waals surface area contributed by atoms with Crippen LogP contribution in [0, 0.1) is 11.6 Å². The maximum Gasteiger partial charge on any atom is 0.257 e. The molecule has 8 heteroatoms. The highest BCUT2D eigenvalue weighted by Crippen LogP contribution is 2.21. The number of nitrogens with zero attached hydrogens (tertiary/aromatic N) is 1. The molecule has 27 heavy (non-hydrogen) atoms. The summed E-state index contributed by atoms with van der Waals surface area (Å²) in [4.78, 5) is 24.4. The molecule has 0 spiro atoms. The molecule has 3 rings (SSSR count). The molecule has 0 saturated carbocycles. The highest BCUT2D eigenvalue weighted by atomic mass is 35.5. The second-order valence-electron chi connectivity index (χ2n) is 5.70. The summed E-state index contributed by atoms with van der Waals surface area (Å²) >= 11 is 12.0. The number of hydrogen-bond donors (Lipinski definition) is 1. The van der Waals surface area contributed by atoms with E-state index in [1.807, 2.05) is 0 Å². The van der Waals surface area contributed by atoms with Crippen molar-refractivity contribution in [1.29, 1.82) is 0 Å². The van der Waals surface area contributed by atoms with Crippen molar-refractivity contribution in [2.24, 2.45) is 0 Å². The fourth-order valence-electron chi connectivity index (χ4n) is 2.41. The van der Waals surface area contributed by atoms with Gasteiger partial charge in [-0.3, -0.25) is 9.59 Å². The van der Waals surface area contributed by atoms with Gasteiger partial charge in [0.1, 0.15) is 11.6 Å². The molecule has 0 fully saturated rings. The van der Waals surface area contributed by atoms with E-state index in [2.05, 4.69) is 5.32 Å². The summed E-state index contributed by atoms with van der Waals surface area (Å²) in [6.07, 6.45) is 1.34. The lowest BCUT2D eigenvalue weighted by molar-refractivity contribution is 0.102. The number of amides is 1. The third-order valence-corrected chi connectivity index (χ3v) is 4.37. The molecule has 4 nitrogen and oxygen atoms in total. The Balaban J connectivity index is 1.86. The molecule has 1 heterocycles. The average Bonchev–Trinajstić information content (AvgIpc) is 2.61. The molecular weight excluding hydrogens is 397 g/mol. The molecule has 1 amide bonds. The summed E-state index contributed by atoms with van der Waals surface area (Å²) in [5.74, 6) is -2.29. The Morgan fingerprint density at radius 2 is 1.81 bits per heavy atom. The van der Waals surface area contributed by atoms with Gasteiger partial charge in [-0.15, -0.1) is 0 Å². The van der Waals surface area contributed by atoms with Crippen molar-refractivity contribution in [3.05, 3.63) is 97.9 Å². The first-order valence-electron chi connectivity index (χ1n) is 7.74. The van der Waals surface area contributed by atoms with Crippen molar-refractivity contribution in [2.75, 3.05) is 5.32 Å². The van der Waals surface area contributed by atoms with Gasteiger partial charge in [0.15, 0.2) is 0 Å². The fraction of sp³-hybridized carbons (Fsp3) is 0.0526. The Morgan fingerprint density at radius 3 is 2.52 bits per heavy atom. The molecule has 0 aliphatic heterocycles. The van der Waals surface area contributed by atoms with Crippen LogP contribution in [0.1, 0.15) is 15.9 Å². The maximum atomic E-state index is 13.7. The molecule has 138 valence electrons. The zero-order valence-electron chi connectivity index (χ0n) is 13.7. The zero-order chi connectivity index (χ0) is 19.6. The van der Waals surface area contributed by atoms with Gasteiger partial charge in [0, 0.05) is 28.4 Å². The Labute approximate surface area is 163 Å². The standard InChI is InChI=1S/C19H12Cl2F2N2O2/c20-13-3-1-11(15(21)7-13)9-25-10-12(2-6-18(25)26)19(27)24-17-5-4-14(22)8-16(17)23/h1-8,10H,9H2,(H,24,27). The molecule has 0 atom stereocenters. The minimum atomic E-state index is -0.899. The van der Waals surface area contributed by atoms with Gasteiger partial charge in [-0.25, -0.2) is 8.78 Å². The highest BCUT2D eigenvalue weighted by Gasteiger charge is 2.12. The third kappa shape index (κ3) is 4.53. The second-order valence-corrected chi connectivity index (χ2v) is 6.54. The molecule has 0 unspecified atom stereocenters. The van der Waals surface area contributed by atoms with Gasteiger partial charge in [-0.05, 0) is 35.9 Å². The molecule has 0 bridgehead atoms. The van der Waals surface area contributed by atoms with E-state index < -0.39 is 17.5 Å². The number of nitrogens with one attached hydrogen (secondary N) is 1. The van der Waals surface area contributed by atoms with Crippen molar-refractivity contribution >= 4 is 34.8 Å². The van der Waals surface area contributed by atoms with E-state index in [0.717, 1.165) is 12.1 Å². The van der Waals surface area contributed by atoms with Crippen LogP contribution in [0.4, 0.5) is 14.5 Å². The monoisotopic (exact) mass is 408 g/mol. The van der Waals surface area contributed by atoms with Crippen molar-refractivity contribution in [1.82, 2.24) is 4.57 Å². The van der Waals surface area contributed by atoms with Crippen LogP contribution in [-0.2, 0) is 6.54 Å². The lowest BCUT2D eigenvalue weighted by atomic mass is 10.2. The predicted molar refractivity (Wildman–Crippen MR) is 101 cm³/mol. The third-order valence-electron chi connectivity index (χ3n) is 3.78. The van der Waals surface area contributed by atoms with Crippen LogP contribution in [0.25, 0.3) is 0 Å². The van der Waals surface area contributed by atoms with Gasteiger partial charge in [0.05, 0.1) is 17.8 Å². The zero-order valence-corrected chi connectivity index (χ0v) is 15.2. The van der Waals surface area contributed by atoms with Crippen LogP contribution in [0.2, 0.25) is 10.0 Å². The van der Waals surface area contributed by atoms with E-state index in [9.17, 15) is 18.4 Å². The quantitative estimate of drug-likeness (QED) is 0.677. The number of anilines is 1. The Kier molecular flexibility index (Phi) is 5.58. The summed E-state index contributed by atoms with van der Waals surface area (Å²) in [5, 5.41) is 3.19. The Hall–Kier alpha value is -2.70. The lowest BCUT2D eigenvalue weighted by Crippen LogP contribution is -2.23. The van der Waals surface area contributed by atoms with E-state index in [4.69, 9.17) is 23.2 Å². The number of pyridine rings is 1. The van der Waals surface area contributed by atoms with Gasteiger partial charge < -0.3 is 9.88 Å². The van der Waals surface area contributed by atoms with E-state index in [-0.39, 0.29) is 23.4 Å². The van der Waals surface area contributed by atoms with Crippen molar-refractivity contribution < 1.29 is 13.6 Å². The van der Waals surface area contributed by atoms with E-state index in [1.54, 1.807) is 18.2 Å². The minimum absolute atomic E-state index is 0.126. The van der Waals surface area contributed by atoms with Gasteiger partial charge in [0.2, 0.25) is 0 Å². The average molecular weight is 409 g/mol. The molecule has 3 aromatic rings. The molecule has 0 radical (unpaired) electrons. The number of aromatic nitrogens is 1. The minimum Gasteiger partial charge on any atom is -0.319 e. The van der Waals surface area contributed by atoms with Crippen molar-refractivity contribution in [2.45, 2.75) is 6.54 Å². The van der Waals surface area contributed by atoms with Gasteiger partial charge in [-0.1, -0.05) is 29.3 Å². The molecule has 0 saturated heterocycles. The van der Waals surface area contributed by atoms with E-state index in [1.165, 1.54) is 22.9 Å². The van der Waals surface area contributed by atoms with E-state index in [0.29, 0.717) is 21.7 Å². The van der Waals surface area contributed by atoms with Crippen molar-refractivity contribution in [3.8, 4) is 0 Å². The first-order chi connectivity index (χ1) is 12.8. The second kappa shape index (κ2) is 7.90.